The van der Waals surface area contributed by atoms with Gasteiger partial charge in [0.1, 0.15) is 0 Å². The molecule has 1 aliphatic rings. The van der Waals surface area contributed by atoms with E-state index in [4.69, 9.17) is 0 Å². The van der Waals surface area contributed by atoms with Crippen molar-refractivity contribution in [2.75, 3.05) is 36.0 Å². The van der Waals surface area contributed by atoms with Crippen LogP contribution in [0, 0.1) is 6.92 Å². The Balaban J connectivity index is 1.49. The van der Waals surface area contributed by atoms with Crippen LogP contribution in [0.2, 0.25) is 0 Å². The Bertz CT molecular complexity index is 1020. The lowest BCUT2D eigenvalue weighted by atomic mass is 10.1. The second-order valence-electron chi connectivity index (χ2n) is 6.39. The second-order valence-corrected chi connectivity index (χ2v) is 7.33. The molecule has 0 atom stereocenters. The molecule has 0 amide bonds. The largest absolute Gasteiger partial charge is 0.368 e. The van der Waals surface area contributed by atoms with E-state index in [0.717, 1.165) is 42.6 Å². The van der Waals surface area contributed by atoms with E-state index in [1.807, 2.05) is 31.2 Å². The van der Waals surface area contributed by atoms with Crippen LogP contribution in [0.4, 0.5) is 10.8 Å². The summed E-state index contributed by atoms with van der Waals surface area (Å²) in [5.41, 5.74) is 2.42. The number of fused-ring (bicyclic) bond motifs is 1. The number of carbonyl (C=O) groups excluding carboxylic acids is 1. The summed E-state index contributed by atoms with van der Waals surface area (Å²) >= 11 is 1.44. The minimum absolute atomic E-state index is 0.0799. The molecule has 134 valence electrons. The van der Waals surface area contributed by atoms with Crippen molar-refractivity contribution in [2.24, 2.45) is 0 Å². The van der Waals surface area contributed by atoms with Crippen LogP contribution in [-0.4, -0.2) is 46.6 Å². The maximum atomic E-state index is 12.0. The van der Waals surface area contributed by atoms with Gasteiger partial charge in [0.05, 0.1) is 0 Å². The highest BCUT2D eigenvalue weighted by Crippen LogP contribution is 2.24. The van der Waals surface area contributed by atoms with Crippen LogP contribution in [0.1, 0.15) is 23.0 Å². The van der Waals surface area contributed by atoms with Gasteiger partial charge in [0.25, 0.3) is 5.56 Å². The molecule has 0 spiro atoms. The molecule has 3 heterocycles. The fourth-order valence-corrected chi connectivity index (χ4v) is 4.11. The third-order valence-electron chi connectivity index (χ3n) is 4.55. The topological polar surface area (TPSA) is 70.8 Å². The summed E-state index contributed by atoms with van der Waals surface area (Å²) < 4.78 is 1.37. The maximum absolute atomic E-state index is 12.0. The summed E-state index contributed by atoms with van der Waals surface area (Å²) in [6.45, 7) is 6.75. The molecule has 0 saturated carbocycles. The molecule has 0 N–H and O–H groups in total. The van der Waals surface area contributed by atoms with E-state index in [1.54, 1.807) is 6.92 Å². The van der Waals surface area contributed by atoms with Crippen LogP contribution in [0.5, 0.6) is 0 Å². The van der Waals surface area contributed by atoms with Gasteiger partial charge in [-0.25, -0.2) is 4.98 Å². The van der Waals surface area contributed by atoms with E-state index >= 15 is 0 Å². The number of nitrogens with zero attached hydrogens (tertiary/aromatic N) is 5. The summed E-state index contributed by atoms with van der Waals surface area (Å²) in [4.78, 5) is 32.9. The molecule has 0 unspecified atom stereocenters. The van der Waals surface area contributed by atoms with Gasteiger partial charge in [0.15, 0.2) is 5.78 Å². The number of aromatic nitrogens is 3. The summed E-state index contributed by atoms with van der Waals surface area (Å²) in [5, 5.41) is 5.26. The molecule has 1 aliphatic heterocycles. The lowest BCUT2D eigenvalue weighted by Crippen LogP contribution is -2.46. The van der Waals surface area contributed by atoms with Gasteiger partial charge in [-0.3, -0.25) is 9.59 Å². The molecule has 0 bridgehead atoms. The Labute approximate surface area is 154 Å². The first-order chi connectivity index (χ1) is 12.5. The van der Waals surface area contributed by atoms with Gasteiger partial charge in [-0.1, -0.05) is 11.3 Å². The van der Waals surface area contributed by atoms with Gasteiger partial charge in [-0.15, -0.1) is 5.10 Å². The van der Waals surface area contributed by atoms with Crippen molar-refractivity contribution >= 4 is 32.9 Å². The zero-order valence-electron chi connectivity index (χ0n) is 14.7. The number of benzene rings is 1. The van der Waals surface area contributed by atoms with Gasteiger partial charge in [-0.05, 0) is 38.1 Å². The Morgan fingerprint density at radius 3 is 2.38 bits per heavy atom. The van der Waals surface area contributed by atoms with E-state index in [1.165, 1.54) is 21.9 Å². The highest BCUT2D eigenvalue weighted by atomic mass is 32.1. The Hall–Kier alpha value is -2.74. The van der Waals surface area contributed by atoms with Crippen molar-refractivity contribution in [1.29, 1.82) is 0 Å². The van der Waals surface area contributed by atoms with Crippen LogP contribution in [0.15, 0.2) is 35.1 Å². The van der Waals surface area contributed by atoms with E-state index in [2.05, 4.69) is 19.9 Å². The number of aryl methyl sites for hydroxylation is 1. The van der Waals surface area contributed by atoms with E-state index in [0.29, 0.717) is 10.7 Å². The van der Waals surface area contributed by atoms with Gasteiger partial charge < -0.3 is 9.80 Å². The van der Waals surface area contributed by atoms with Crippen LogP contribution >= 0.6 is 11.3 Å². The Morgan fingerprint density at radius 2 is 1.73 bits per heavy atom. The van der Waals surface area contributed by atoms with Crippen molar-refractivity contribution in [3.8, 4) is 0 Å². The molecule has 0 radical (unpaired) electrons. The van der Waals surface area contributed by atoms with Crippen molar-refractivity contribution < 1.29 is 4.79 Å². The van der Waals surface area contributed by atoms with E-state index in [-0.39, 0.29) is 11.3 Å². The minimum Gasteiger partial charge on any atom is -0.368 e. The first-order valence-corrected chi connectivity index (χ1v) is 9.31. The SMILES string of the molecule is CC(=O)c1ccc(N2CCN(c3nn4c(=O)cc(C)nc4s3)CC2)cc1. The molecule has 4 rings (SSSR count). The summed E-state index contributed by atoms with van der Waals surface area (Å²) in [7, 11) is 0. The van der Waals surface area contributed by atoms with E-state index < -0.39 is 0 Å². The molecule has 2 aromatic heterocycles. The number of Topliss-reactive ketones (excluding diaryl/α,β-unsaturated/α-hetero) is 1. The first-order valence-electron chi connectivity index (χ1n) is 8.50. The standard InChI is InChI=1S/C18H19N5O2S/c1-12-11-16(25)23-17(19-12)26-18(20-23)22-9-7-21(8-10-22)15-5-3-14(4-6-15)13(2)24/h3-6,11H,7-10H2,1-2H3. The first kappa shape index (κ1) is 16.7. The molecule has 1 saturated heterocycles. The predicted molar refractivity (Wildman–Crippen MR) is 103 cm³/mol. The average molecular weight is 369 g/mol. The summed E-state index contributed by atoms with van der Waals surface area (Å²) in [6.07, 6.45) is 0. The zero-order valence-corrected chi connectivity index (χ0v) is 15.5. The molecule has 3 aromatic rings. The molecule has 7 nitrogen and oxygen atoms in total. The van der Waals surface area contributed by atoms with Crippen molar-refractivity contribution in [1.82, 2.24) is 14.6 Å². The predicted octanol–water partition coefficient (Wildman–Crippen LogP) is 1.99. The molecule has 1 fully saturated rings. The van der Waals surface area contributed by atoms with Crippen LogP contribution < -0.4 is 15.4 Å². The van der Waals surface area contributed by atoms with Gasteiger partial charge >= 0.3 is 0 Å². The third kappa shape index (κ3) is 3.08. The fourth-order valence-electron chi connectivity index (χ4n) is 3.10. The summed E-state index contributed by atoms with van der Waals surface area (Å²) in [6, 6.07) is 9.24. The Morgan fingerprint density at radius 1 is 1.08 bits per heavy atom. The lowest BCUT2D eigenvalue weighted by molar-refractivity contribution is 0.101. The third-order valence-corrected chi connectivity index (χ3v) is 5.52. The van der Waals surface area contributed by atoms with Crippen molar-refractivity contribution in [3.63, 3.8) is 0 Å². The summed E-state index contributed by atoms with van der Waals surface area (Å²) in [5.74, 6) is 0.0799. The normalized spacial score (nSPS) is 14.8. The molecule has 8 heteroatoms. The van der Waals surface area contributed by atoms with Gasteiger partial charge in [-0.2, -0.15) is 4.52 Å². The van der Waals surface area contributed by atoms with Crippen LogP contribution in [0.25, 0.3) is 4.96 Å². The molecular formula is C18H19N5O2S. The highest BCUT2D eigenvalue weighted by Gasteiger charge is 2.21. The second kappa shape index (κ2) is 6.53. The number of ketones is 1. The number of piperazine rings is 1. The van der Waals surface area contributed by atoms with Crippen LogP contribution in [-0.2, 0) is 0 Å². The molecule has 0 aliphatic carbocycles. The smallest absolute Gasteiger partial charge is 0.275 e. The minimum atomic E-state index is -0.140. The number of rotatable bonds is 3. The fraction of sp³-hybridized carbons (Fsp3) is 0.333. The zero-order chi connectivity index (χ0) is 18.3. The molecule has 26 heavy (non-hydrogen) atoms. The van der Waals surface area contributed by atoms with Crippen molar-refractivity contribution in [3.05, 3.63) is 51.9 Å². The monoisotopic (exact) mass is 369 g/mol. The maximum Gasteiger partial charge on any atom is 0.275 e. The number of carbonyl (C=O) groups is 1. The number of hydrogen-bond acceptors (Lipinski definition) is 7. The quantitative estimate of drug-likeness (QED) is 0.658. The lowest BCUT2D eigenvalue weighted by Gasteiger charge is -2.35. The molecule has 1 aromatic carbocycles. The van der Waals surface area contributed by atoms with Gasteiger partial charge in [0, 0.05) is 49.2 Å². The molecular weight excluding hydrogens is 350 g/mol. The number of hydrogen-bond donors (Lipinski definition) is 0. The van der Waals surface area contributed by atoms with E-state index in [9.17, 15) is 9.59 Å². The highest BCUT2D eigenvalue weighted by molar-refractivity contribution is 7.20. The van der Waals surface area contributed by atoms with Crippen LogP contribution in [0.3, 0.4) is 0 Å². The number of anilines is 2. The van der Waals surface area contributed by atoms with Crippen molar-refractivity contribution in [2.45, 2.75) is 13.8 Å². The Kier molecular flexibility index (Phi) is 4.20. The van der Waals surface area contributed by atoms with Gasteiger partial charge in [0.2, 0.25) is 10.1 Å². The average Bonchev–Trinajstić information content (AvgIpc) is 3.06.